The number of sulfonamides is 1. The quantitative estimate of drug-likeness (QED) is 0.484. The zero-order valence-corrected chi connectivity index (χ0v) is 21.4. The lowest BCUT2D eigenvalue weighted by atomic mass is 10.1. The number of carbonyl (C=O) groups excluding carboxylic acids is 1. The van der Waals surface area contributed by atoms with Crippen LogP contribution in [0.2, 0.25) is 0 Å². The van der Waals surface area contributed by atoms with Crippen LogP contribution >= 0.6 is 11.3 Å². The third-order valence-electron chi connectivity index (χ3n) is 6.08. The highest BCUT2D eigenvalue weighted by molar-refractivity contribution is 7.89. The van der Waals surface area contributed by atoms with E-state index in [2.05, 4.69) is 4.98 Å². The molecule has 0 unspecified atom stereocenters. The summed E-state index contributed by atoms with van der Waals surface area (Å²) >= 11 is 1.50. The molecule has 0 saturated carbocycles. The van der Waals surface area contributed by atoms with E-state index in [-0.39, 0.29) is 22.9 Å². The molecule has 2 aromatic carbocycles. The lowest BCUT2D eigenvalue weighted by Gasteiger charge is -2.31. The molecule has 1 aliphatic heterocycles. The van der Waals surface area contributed by atoms with Crippen LogP contribution in [0.4, 0.5) is 0 Å². The van der Waals surface area contributed by atoms with Gasteiger partial charge in [-0.25, -0.2) is 13.4 Å². The van der Waals surface area contributed by atoms with Crippen molar-refractivity contribution < 1.29 is 22.7 Å². The summed E-state index contributed by atoms with van der Waals surface area (Å²) in [5.74, 6) is 0.653. The third-order valence-corrected chi connectivity index (χ3v) is 9.05. The zero-order valence-electron chi connectivity index (χ0n) is 19.7. The predicted molar refractivity (Wildman–Crippen MR) is 132 cm³/mol. The van der Waals surface area contributed by atoms with E-state index in [1.807, 2.05) is 32.0 Å². The average molecular weight is 504 g/mol. The van der Waals surface area contributed by atoms with Gasteiger partial charge in [0, 0.05) is 50.7 Å². The molecule has 1 fully saturated rings. The third kappa shape index (κ3) is 5.03. The number of hydrogen-bond acceptors (Lipinski definition) is 7. The number of likely N-dealkylation sites (tertiary alicyclic amines) is 1. The van der Waals surface area contributed by atoms with Gasteiger partial charge in [0.1, 0.15) is 11.9 Å². The van der Waals surface area contributed by atoms with E-state index in [1.165, 1.54) is 27.8 Å². The SMILES string of the molecule is COc1ccc2sc(OC3CCN(C(=O)c4ccc(S(=O)(=O)N(C)C(C)C)cc4)CC3)nc2c1. The minimum absolute atomic E-state index is 0.00871. The van der Waals surface area contributed by atoms with Gasteiger partial charge in [-0.1, -0.05) is 11.3 Å². The minimum atomic E-state index is -3.58. The van der Waals surface area contributed by atoms with Gasteiger partial charge in [-0.15, -0.1) is 0 Å². The molecular formula is C24H29N3O5S2. The number of nitrogens with zero attached hydrogens (tertiary/aromatic N) is 3. The maximum absolute atomic E-state index is 12.9. The van der Waals surface area contributed by atoms with Crippen LogP contribution in [0.1, 0.15) is 37.0 Å². The van der Waals surface area contributed by atoms with Crippen molar-refractivity contribution in [1.29, 1.82) is 0 Å². The van der Waals surface area contributed by atoms with Crippen LogP contribution in [0.15, 0.2) is 47.4 Å². The van der Waals surface area contributed by atoms with Crippen LogP contribution < -0.4 is 9.47 Å². The summed E-state index contributed by atoms with van der Waals surface area (Å²) in [5, 5.41) is 0.621. The van der Waals surface area contributed by atoms with Crippen molar-refractivity contribution in [3.63, 3.8) is 0 Å². The molecule has 10 heteroatoms. The molecule has 1 aliphatic rings. The smallest absolute Gasteiger partial charge is 0.274 e. The Hall–Kier alpha value is -2.69. The zero-order chi connectivity index (χ0) is 24.5. The lowest BCUT2D eigenvalue weighted by Crippen LogP contribution is -2.41. The summed E-state index contributed by atoms with van der Waals surface area (Å²) in [6.07, 6.45) is 1.40. The Morgan fingerprint density at radius 3 is 2.44 bits per heavy atom. The van der Waals surface area contributed by atoms with Crippen LogP contribution in [0.5, 0.6) is 10.9 Å². The minimum Gasteiger partial charge on any atom is -0.497 e. The molecule has 182 valence electrons. The molecule has 1 amide bonds. The van der Waals surface area contributed by atoms with Crippen LogP contribution in [0.3, 0.4) is 0 Å². The van der Waals surface area contributed by atoms with Crippen molar-refractivity contribution in [3.05, 3.63) is 48.0 Å². The topological polar surface area (TPSA) is 89.0 Å². The van der Waals surface area contributed by atoms with Crippen LogP contribution in [0.25, 0.3) is 10.2 Å². The maximum atomic E-state index is 12.9. The molecule has 2 heterocycles. The molecule has 34 heavy (non-hydrogen) atoms. The molecule has 0 bridgehead atoms. The fourth-order valence-electron chi connectivity index (χ4n) is 3.78. The van der Waals surface area contributed by atoms with Crippen molar-refractivity contribution in [3.8, 4) is 10.9 Å². The highest BCUT2D eigenvalue weighted by Crippen LogP contribution is 2.32. The number of amides is 1. The number of ether oxygens (including phenoxy) is 2. The largest absolute Gasteiger partial charge is 0.497 e. The van der Waals surface area contributed by atoms with Crippen molar-refractivity contribution in [2.75, 3.05) is 27.2 Å². The molecule has 0 aliphatic carbocycles. The van der Waals surface area contributed by atoms with Gasteiger partial charge in [-0.3, -0.25) is 4.79 Å². The van der Waals surface area contributed by atoms with E-state index in [1.54, 1.807) is 31.2 Å². The molecule has 8 nitrogen and oxygen atoms in total. The van der Waals surface area contributed by atoms with Gasteiger partial charge >= 0.3 is 0 Å². The first-order valence-corrected chi connectivity index (χ1v) is 13.4. The van der Waals surface area contributed by atoms with Crippen LogP contribution in [-0.4, -0.2) is 67.9 Å². The molecule has 4 rings (SSSR count). The number of fused-ring (bicyclic) bond motifs is 1. The standard InChI is InChI=1S/C24H29N3O5S2/c1-16(2)26(3)34(29,30)20-8-5-17(6-9-20)23(28)27-13-11-18(12-14-27)32-24-25-21-15-19(31-4)7-10-22(21)33-24/h5-10,15-16,18H,11-14H2,1-4H3. The van der Waals surface area contributed by atoms with E-state index in [9.17, 15) is 13.2 Å². The summed E-state index contributed by atoms with van der Waals surface area (Å²) in [7, 11) is -0.398. The van der Waals surface area contributed by atoms with Gasteiger partial charge in [0.25, 0.3) is 11.1 Å². The van der Waals surface area contributed by atoms with E-state index >= 15 is 0 Å². The monoisotopic (exact) mass is 503 g/mol. The van der Waals surface area contributed by atoms with Crippen LogP contribution in [0, 0.1) is 0 Å². The number of piperidine rings is 1. The van der Waals surface area contributed by atoms with E-state index in [0.29, 0.717) is 36.7 Å². The number of methoxy groups -OCH3 is 1. The second-order valence-electron chi connectivity index (χ2n) is 8.56. The van der Waals surface area contributed by atoms with Gasteiger partial charge in [-0.05, 0) is 50.2 Å². The van der Waals surface area contributed by atoms with Crippen molar-refractivity contribution in [2.24, 2.45) is 0 Å². The summed E-state index contributed by atoms with van der Waals surface area (Å²) in [6, 6.07) is 11.8. The normalized spacial score (nSPS) is 15.3. The van der Waals surface area contributed by atoms with Gasteiger partial charge < -0.3 is 14.4 Å². The highest BCUT2D eigenvalue weighted by atomic mass is 32.2. The average Bonchev–Trinajstić information content (AvgIpc) is 3.24. The molecule has 0 spiro atoms. The van der Waals surface area contributed by atoms with Gasteiger partial charge in [0.2, 0.25) is 10.0 Å². The Bertz CT molecular complexity index is 1260. The summed E-state index contributed by atoms with van der Waals surface area (Å²) < 4.78 is 39.0. The summed E-state index contributed by atoms with van der Waals surface area (Å²) in [4.78, 5) is 19.5. The fraction of sp³-hybridized carbons (Fsp3) is 0.417. The molecule has 0 N–H and O–H groups in total. The molecule has 0 atom stereocenters. The lowest BCUT2D eigenvalue weighted by molar-refractivity contribution is 0.0595. The molecule has 0 radical (unpaired) electrons. The van der Waals surface area contributed by atoms with E-state index < -0.39 is 10.0 Å². The van der Waals surface area contributed by atoms with Gasteiger partial charge in [0.05, 0.1) is 22.2 Å². The highest BCUT2D eigenvalue weighted by Gasteiger charge is 2.27. The Labute approximate surface area is 204 Å². The number of aromatic nitrogens is 1. The Kier molecular flexibility index (Phi) is 7.11. The predicted octanol–water partition coefficient (Wildman–Crippen LogP) is 4.02. The number of carbonyl (C=O) groups is 1. The van der Waals surface area contributed by atoms with E-state index in [0.717, 1.165) is 16.0 Å². The molecule has 1 saturated heterocycles. The van der Waals surface area contributed by atoms with Crippen molar-refractivity contribution in [2.45, 2.75) is 43.7 Å². The summed E-state index contributed by atoms with van der Waals surface area (Å²) in [5.41, 5.74) is 1.32. The van der Waals surface area contributed by atoms with Crippen LogP contribution in [-0.2, 0) is 10.0 Å². The van der Waals surface area contributed by atoms with Crippen molar-refractivity contribution >= 4 is 37.5 Å². The molecule has 3 aromatic rings. The fourth-order valence-corrected chi connectivity index (χ4v) is 6.01. The maximum Gasteiger partial charge on any atom is 0.274 e. The van der Waals surface area contributed by atoms with Crippen molar-refractivity contribution in [1.82, 2.24) is 14.2 Å². The summed E-state index contributed by atoms with van der Waals surface area (Å²) in [6.45, 7) is 4.77. The Morgan fingerprint density at radius 1 is 1.15 bits per heavy atom. The molecular weight excluding hydrogens is 474 g/mol. The van der Waals surface area contributed by atoms with E-state index in [4.69, 9.17) is 9.47 Å². The first kappa shape index (κ1) is 24.4. The second-order valence-corrected chi connectivity index (χ2v) is 11.6. The first-order valence-electron chi connectivity index (χ1n) is 11.2. The first-order chi connectivity index (χ1) is 16.2. The second kappa shape index (κ2) is 9.89. The Balaban J connectivity index is 1.35. The number of benzene rings is 2. The molecule has 1 aromatic heterocycles. The number of rotatable bonds is 7. The van der Waals surface area contributed by atoms with Gasteiger partial charge in [-0.2, -0.15) is 4.31 Å². The van der Waals surface area contributed by atoms with Gasteiger partial charge in [0.15, 0.2) is 0 Å². The Morgan fingerprint density at radius 2 is 1.82 bits per heavy atom. The number of thiazole rings is 1. The number of hydrogen-bond donors (Lipinski definition) is 0.